The van der Waals surface area contributed by atoms with Gasteiger partial charge in [0.1, 0.15) is 5.75 Å². The molecule has 6 heteroatoms. The van der Waals surface area contributed by atoms with E-state index in [-0.39, 0.29) is 20.7 Å². The van der Waals surface area contributed by atoms with Gasteiger partial charge in [-0.15, -0.1) is 0 Å². The van der Waals surface area contributed by atoms with E-state index in [1.165, 1.54) is 18.2 Å². The predicted octanol–water partition coefficient (Wildman–Crippen LogP) is 3.38. The molecule has 0 heterocycles. The Bertz CT molecular complexity index is 571. The Morgan fingerprint density at radius 3 is 2.17 bits per heavy atom. The molecule has 0 aromatic heterocycles. The second-order valence-electron chi connectivity index (χ2n) is 5.01. The standard InChI is InChI=1S/C12H14Cl2O3S/c1-12(2,3)11(15)7-18(16,17)8-4-5-9(13)10(14)6-8/h4-6H,7H2,1-3H3. The molecule has 0 N–H and O–H groups in total. The van der Waals surface area contributed by atoms with E-state index < -0.39 is 21.0 Å². The van der Waals surface area contributed by atoms with Gasteiger partial charge in [0.2, 0.25) is 0 Å². The molecule has 0 atom stereocenters. The number of carbonyl (C=O) groups excluding carboxylic acids is 1. The maximum atomic E-state index is 12.0. The molecule has 0 aliphatic carbocycles. The Kier molecular flexibility index (Phi) is 4.47. The highest BCUT2D eigenvalue weighted by molar-refractivity contribution is 7.92. The zero-order valence-electron chi connectivity index (χ0n) is 10.3. The van der Waals surface area contributed by atoms with Gasteiger partial charge in [-0.2, -0.15) is 0 Å². The molecule has 0 aliphatic heterocycles. The van der Waals surface area contributed by atoms with E-state index in [1.807, 2.05) is 0 Å². The van der Waals surface area contributed by atoms with Crippen molar-refractivity contribution in [1.82, 2.24) is 0 Å². The summed E-state index contributed by atoms with van der Waals surface area (Å²) >= 11 is 11.5. The first-order chi connectivity index (χ1) is 8.04. The zero-order valence-corrected chi connectivity index (χ0v) is 12.7. The van der Waals surface area contributed by atoms with Crippen molar-refractivity contribution in [2.75, 3.05) is 5.75 Å². The van der Waals surface area contributed by atoms with Crippen molar-refractivity contribution in [3.8, 4) is 0 Å². The molecule has 0 saturated carbocycles. The van der Waals surface area contributed by atoms with Crippen LogP contribution in [0.3, 0.4) is 0 Å². The van der Waals surface area contributed by atoms with Crippen LogP contribution in [0.4, 0.5) is 0 Å². The molecule has 0 saturated heterocycles. The fourth-order valence-corrected chi connectivity index (χ4v) is 3.02. The lowest BCUT2D eigenvalue weighted by molar-refractivity contribution is -0.123. The van der Waals surface area contributed by atoms with E-state index in [9.17, 15) is 13.2 Å². The Morgan fingerprint density at radius 2 is 1.72 bits per heavy atom. The van der Waals surface area contributed by atoms with E-state index in [0.717, 1.165) is 0 Å². The van der Waals surface area contributed by atoms with Gasteiger partial charge in [0.05, 0.1) is 14.9 Å². The molecule has 18 heavy (non-hydrogen) atoms. The summed E-state index contributed by atoms with van der Waals surface area (Å²) in [6.07, 6.45) is 0. The lowest BCUT2D eigenvalue weighted by atomic mass is 9.92. The molecule has 100 valence electrons. The number of ketones is 1. The molecule has 0 unspecified atom stereocenters. The summed E-state index contributed by atoms with van der Waals surface area (Å²) in [7, 11) is -3.67. The molecule has 0 aliphatic rings. The molecule has 1 aromatic rings. The van der Waals surface area contributed by atoms with Crippen LogP contribution in [0.2, 0.25) is 10.0 Å². The lowest BCUT2D eigenvalue weighted by Gasteiger charge is -2.16. The number of Topliss-reactive ketones (excluding diaryl/α,β-unsaturated/α-hetero) is 1. The van der Waals surface area contributed by atoms with Crippen LogP contribution >= 0.6 is 23.2 Å². The Hall–Kier alpha value is -0.580. The maximum Gasteiger partial charge on any atom is 0.185 e. The monoisotopic (exact) mass is 308 g/mol. The van der Waals surface area contributed by atoms with Crippen molar-refractivity contribution in [2.24, 2.45) is 5.41 Å². The Labute approximate surface area is 117 Å². The van der Waals surface area contributed by atoms with Gasteiger partial charge in [-0.25, -0.2) is 8.42 Å². The van der Waals surface area contributed by atoms with Crippen molar-refractivity contribution in [2.45, 2.75) is 25.7 Å². The fraction of sp³-hybridized carbons (Fsp3) is 0.417. The molecule has 0 amide bonds. The van der Waals surface area contributed by atoms with Crippen molar-refractivity contribution >= 4 is 38.8 Å². The molecular weight excluding hydrogens is 295 g/mol. The summed E-state index contributed by atoms with van der Waals surface area (Å²) < 4.78 is 24.1. The van der Waals surface area contributed by atoms with Gasteiger partial charge < -0.3 is 0 Å². The van der Waals surface area contributed by atoms with Gasteiger partial charge in [0.25, 0.3) is 0 Å². The molecule has 1 rings (SSSR count). The number of benzene rings is 1. The van der Waals surface area contributed by atoms with Crippen LogP contribution < -0.4 is 0 Å². The summed E-state index contributed by atoms with van der Waals surface area (Å²) in [4.78, 5) is 11.8. The number of halogens is 2. The molecule has 0 radical (unpaired) electrons. The highest BCUT2D eigenvalue weighted by atomic mass is 35.5. The van der Waals surface area contributed by atoms with Crippen molar-refractivity contribution in [3.05, 3.63) is 28.2 Å². The van der Waals surface area contributed by atoms with Crippen molar-refractivity contribution in [1.29, 1.82) is 0 Å². The summed E-state index contributed by atoms with van der Waals surface area (Å²) in [5.41, 5.74) is -0.691. The highest BCUT2D eigenvalue weighted by Gasteiger charge is 2.28. The van der Waals surface area contributed by atoms with E-state index in [2.05, 4.69) is 0 Å². The highest BCUT2D eigenvalue weighted by Crippen LogP contribution is 2.26. The smallest absolute Gasteiger partial charge is 0.185 e. The molecule has 0 spiro atoms. The van der Waals surface area contributed by atoms with Crippen molar-refractivity contribution < 1.29 is 13.2 Å². The number of hydrogen-bond acceptors (Lipinski definition) is 3. The van der Waals surface area contributed by atoms with Crippen LogP contribution in [0.25, 0.3) is 0 Å². The second kappa shape index (κ2) is 5.19. The third-order valence-electron chi connectivity index (χ3n) is 2.41. The maximum absolute atomic E-state index is 12.0. The molecule has 0 fully saturated rings. The first kappa shape index (κ1) is 15.5. The van der Waals surface area contributed by atoms with Gasteiger partial charge in [0.15, 0.2) is 15.6 Å². The van der Waals surface area contributed by atoms with Crippen LogP contribution in [0.1, 0.15) is 20.8 Å². The van der Waals surface area contributed by atoms with Crippen LogP contribution in [0, 0.1) is 5.41 Å². The van der Waals surface area contributed by atoms with E-state index in [4.69, 9.17) is 23.2 Å². The van der Waals surface area contributed by atoms with E-state index in [0.29, 0.717) is 0 Å². The first-order valence-electron chi connectivity index (χ1n) is 5.25. The van der Waals surface area contributed by atoms with Crippen molar-refractivity contribution in [3.63, 3.8) is 0 Å². The Morgan fingerprint density at radius 1 is 1.17 bits per heavy atom. The normalized spacial score (nSPS) is 12.5. The molecule has 3 nitrogen and oxygen atoms in total. The van der Waals surface area contributed by atoms with E-state index >= 15 is 0 Å². The topological polar surface area (TPSA) is 51.2 Å². The minimum atomic E-state index is -3.67. The lowest BCUT2D eigenvalue weighted by Crippen LogP contribution is -2.28. The number of sulfone groups is 1. The van der Waals surface area contributed by atoms with E-state index in [1.54, 1.807) is 20.8 Å². The quantitative estimate of drug-likeness (QED) is 0.860. The summed E-state index contributed by atoms with van der Waals surface area (Å²) in [5, 5.41) is 0.429. The van der Waals surface area contributed by atoms with Crippen LogP contribution in [-0.4, -0.2) is 20.0 Å². The van der Waals surface area contributed by atoms with Gasteiger partial charge in [-0.1, -0.05) is 44.0 Å². The minimum absolute atomic E-state index is 0.00880. The number of rotatable bonds is 3. The second-order valence-corrected chi connectivity index (χ2v) is 7.81. The Balaban J connectivity index is 3.08. The van der Waals surface area contributed by atoms with Gasteiger partial charge in [0, 0.05) is 5.41 Å². The number of carbonyl (C=O) groups is 1. The van der Waals surface area contributed by atoms with Gasteiger partial charge >= 0.3 is 0 Å². The summed E-state index contributed by atoms with van der Waals surface area (Å²) in [5.74, 6) is -0.873. The largest absolute Gasteiger partial charge is 0.298 e. The summed E-state index contributed by atoms with van der Waals surface area (Å²) in [6.45, 7) is 5.04. The number of hydrogen-bond donors (Lipinski definition) is 0. The van der Waals surface area contributed by atoms with Gasteiger partial charge in [-0.05, 0) is 18.2 Å². The van der Waals surface area contributed by atoms with Crippen LogP contribution in [0.15, 0.2) is 23.1 Å². The zero-order chi connectivity index (χ0) is 14.1. The molecular formula is C12H14Cl2O3S. The van der Waals surface area contributed by atoms with Gasteiger partial charge in [-0.3, -0.25) is 4.79 Å². The first-order valence-corrected chi connectivity index (χ1v) is 7.66. The average molecular weight is 309 g/mol. The molecule has 0 bridgehead atoms. The predicted molar refractivity (Wildman–Crippen MR) is 73.0 cm³/mol. The average Bonchev–Trinajstić information content (AvgIpc) is 2.19. The summed E-state index contributed by atoms with van der Waals surface area (Å²) in [6, 6.07) is 4.01. The van der Waals surface area contributed by atoms with Crippen LogP contribution in [0.5, 0.6) is 0 Å². The molecule has 1 aromatic carbocycles. The minimum Gasteiger partial charge on any atom is -0.298 e. The third-order valence-corrected chi connectivity index (χ3v) is 4.76. The third kappa shape index (κ3) is 3.70. The van der Waals surface area contributed by atoms with Crippen LogP contribution in [-0.2, 0) is 14.6 Å². The SMILES string of the molecule is CC(C)(C)C(=O)CS(=O)(=O)c1ccc(Cl)c(Cl)c1. The fourth-order valence-electron chi connectivity index (χ4n) is 1.14.